The molecule has 1 N–H and O–H groups in total. The number of rotatable bonds is 4. The molecule has 1 fully saturated rings. The molecule has 0 radical (unpaired) electrons. The quantitative estimate of drug-likeness (QED) is 0.907. The maximum absolute atomic E-state index is 6.10. The lowest BCUT2D eigenvalue weighted by Gasteiger charge is -2.15. The van der Waals surface area contributed by atoms with Gasteiger partial charge in [-0.25, -0.2) is 0 Å². The van der Waals surface area contributed by atoms with E-state index >= 15 is 0 Å². The van der Waals surface area contributed by atoms with Gasteiger partial charge in [0.1, 0.15) is 0 Å². The molecule has 0 saturated carbocycles. The number of ether oxygens (including phenoxy) is 1. The standard InChI is InChI=1S/C13H17Cl2NO/c1-9-10(5-6-17-9)7-16-8-11-12(14)3-2-4-13(11)15/h2-4,9-10,16H,5-8H2,1H3. The maximum atomic E-state index is 6.10. The molecule has 4 heteroatoms. The maximum Gasteiger partial charge on any atom is 0.0588 e. The van der Waals surface area contributed by atoms with Gasteiger partial charge in [-0.15, -0.1) is 0 Å². The number of benzene rings is 1. The van der Waals surface area contributed by atoms with Gasteiger partial charge in [0.05, 0.1) is 6.10 Å². The van der Waals surface area contributed by atoms with E-state index in [1.54, 1.807) is 0 Å². The molecule has 1 aliphatic heterocycles. The molecule has 1 aliphatic rings. The Morgan fingerprint density at radius 3 is 2.65 bits per heavy atom. The Morgan fingerprint density at radius 1 is 1.35 bits per heavy atom. The fourth-order valence-electron chi connectivity index (χ4n) is 2.13. The highest BCUT2D eigenvalue weighted by Gasteiger charge is 2.23. The van der Waals surface area contributed by atoms with Gasteiger partial charge in [0.25, 0.3) is 0 Å². The molecule has 17 heavy (non-hydrogen) atoms. The molecule has 94 valence electrons. The number of hydrogen-bond donors (Lipinski definition) is 1. The first kappa shape index (κ1) is 13.2. The molecule has 1 aromatic carbocycles. The van der Waals surface area contributed by atoms with E-state index in [0.717, 1.165) is 35.2 Å². The third kappa shape index (κ3) is 3.35. The number of nitrogens with one attached hydrogen (secondary N) is 1. The Kier molecular flexibility index (Phi) is 4.69. The van der Waals surface area contributed by atoms with Crippen LogP contribution in [-0.4, -0.2) is 19.3 Å². The third-order valence-electron chi connectivity index (χ3n) is 3.30. The lowest BCUT2D eigenvalue weighted by atomic mass is 10.0. The van der Waals surface area contributed by atoms with Crippen LogP contribution < -0.4 is 5.32 Å². The van der Waals surface area contributed by atoms with Crippen molar-refractivity contribution in [2.45, 2.75) is 26.0 Å². The van der Waals surface area contributed by atoms with Crippen molar-refractivity contribution in [3.05, 3.63) is 33.8 Å². The van der Waals surface area contributed by atoms with Gasteiger partial charge in [-0.2, -0.15) is 0 Å². The summed E-state index contributed by atoms with van der Waals surface area (Å²) >= 11 is 12.2. The summed E-state index contributed by atoms with van der Waals surface area (Å²) in [5.41, 5.74) is 0.974. The Hall–Kier alpha value is -0.280. The number of hydrogen-bond acceptors (Lipinski definition) is 2. The van der Waals surface area contributed by atoms with Crippen molar-refractivity contribution < 1.29 is 4.74 Å². The van der Waals surface area contributed by atoms with E-state index in [1.165, 1.54) is 0 Å². The van der Waals surface area contributed by atoms with Gasteiger partial charge in [0, 0.05) is 35.3 Å². The van der Waals surface area contributed by atoms with Crippen LogP contribution in [0, 0.1) is 5.92 Å². The van der Waals surface area contributed by atoms with Crippen LogP contribution in [0.25, 0.3) is 0 Å². The summed E-state index contributed by atoms with van der Waals surface area (Å²) in [6, 6.07) is 5.60. The van der Waals surface area contributed by atoms with Gasteiger partial charge in [0.2, 0.25) is 0 Å². The van der Waals surface area contributed by atoms with Crippen LogP contribution in [0.4, 0.5) is 0 Å². The Morgan fingerprint density at radius 2 is 2.06 bits per heavy atom. The highest BCUT2D eigenvalue weighted by Crippen LogP contribution is 2.24. The Labute approximate surface area is 112 Å². The summed E-state index contributed by atoms with van der Waals surface area (Å²) < 4.78 is 5.52. The van der Waals surface area contributed by atoms with E-state index in [-0.39, 0.29) is 0 Å². The molecular weight excluding hydrogens is 257 g/mol. The average Bonchev–Trinajstić information content (AvgIpc) is 2.69. The summed E-state index contributed by atoms with van der Waals surface area (Å²) in [5.74, 6) is 0.594. The van der Waals surface area contributed by atoms with Gasteiger partial charge in [0.15, 0.2) is 0 Å². The van der Waals surface area contributed by atoms with Crippen molar-refractivity contribution in [1.29, 1.82) is 0 Å². The first-order chi connectivity index (χ1) is 8.18. The molecule has 1 saturated heterocycles. The van der Waals surface area contributed by atoms with Crippen LogP contribution in [0.15, 0.2) is 18.2 Å². The second kappa shape index (κ2) is 6.05. The molecule has 0 bridgehead atoms. The van der Waals surface area contributed by atoms with E-state index < -0.39 is 0 Å². The largest absolute Gasteiger partial charge is 0.378 e. The second-order valence-corrected chi connectivity index (χ2v) is 5.27. The Bertz CT molecular complexity index is 363. The zero-order valence-electron chi connectivity index (χ0n) is 9.88. The summed E-state index contributed by atoms with van der Waals surface area (Å²) in [7, 11) is 0. The summed E-state index contributed by atoms with van der Waals surface area (Å²) in [6.45, 7) is 4.66. The summed E-state index contributed by atoms with van der Waals surface area (Å²) in [4.78, 5) is 0. The normalized spacial score (nSPS) is 24.2. The first-order valence-corrected chi connectivity index (χ1v) is 6.69. The minimum absolute atomic E-state index is 0.351. The molecule has 0 amide bonds. The summed E-state index contributed by atoms with van der Waals surface area (Å²) in [5, 5.41) is 4.85. The third-order valence-corrected chi connectivity index (χ3v) is 4.01. The zero-order valence-corrected chi connectivity index (χ0v) is 11.4. The fourth-order valence-corrected chi connectivity index (χ4v) is 2.66. The highest BCUT2D eigenvalue weighted by molar-refractivity contribution is 6.35. The van der Waals surface area contributed by atoms with Crippen LogP contribution in [0.5, 0.6) is 0 Å². The van der Waals surface area contributed by atoms with Crippen LogP contribution in [0.1, 0.15) is 18.9 Å². The van der Waals surface area contributed by atoms with Gasteiger partial charge in [-0.05, 0) is 31.4 Å². The highest BCUT2D eigenvalue weighted by atomic mass is 35.5. The van der Waals surface area contributed by atoms with Gasteiger partial charge in [-0.1, -0.05) is 29.3 Å². The van der Waals surface area contributed by atoms with Crippen molar-refractivity contribution in [2.24, 2.45) is 5.92 Å². The van der Waals surface area contributed by atoms with E-state index in [0.29, 0.717) is 18.6 Å². The van der Waals surface area contributed by atoms with Crippen molar-refractivity contribution >= 4 is 23.2 Å². The van der Waals surface area contributed by atoms with E-state index in [1.807, 2.05) is 18.2 Å². The van der Waals surface area contributed by atoms with Crippen LogP contribution >= 0.6 is 23.2 Å². The van der Waals surface area contributed by atoms with Gasteiger partial charge >= 0.3 is 0 Å². The fraction of sp³-hybridized carbons (Fsp3) is 0.538. The minimum Gasteiger partial charge on any atom is -0.378 e. The molecule has 0 spiro atoms. The van der Waals surface area contributed by atoms with Crippen LogP contribution in [0.3, 0.4) is 0 Å². The van der Waals surface area contributed by atoms with E-state index in [9.17, 15) is 0 Å². The lowest BCUT2D eigenvalue weighted by Crippen LogP contribution is -2.26. The molecule has 1 aromatic rings. The predicted octanol–water partition coefficient (Wildman–Crippen LogP) is 3.51. The average molecular weight is 274 g/mol. The molecule has 0 aromatic heterocycles. The van der Waals surface area contributed by atoms with E-state index in [4.69, 9.17) is 27.9 Å². The van der Waals surface area contributed by atoms with Crippen molar-refractivity contribution in [2.75, 3.05) is 13.2 Å². The van der Waals surface area contributed by atoms with Gasteiger partial charge in [-0.3, -0.25) is 0 Å². The molecule has 1 heterocycles. The SMILES string of the molecule is CC1OCCC1CNCc1c(Cl)cccc1Cl. The van der Waals surface area contributed by atoms with E-state index in [2.05, 4.69) is 12.2 Å². The van der Waals surface area contributed by atoms with Gasteiger partial charge < -0.3 is 10.1 Å². The van der Waals surface area contributed by atoms with Crippen LogP contribution in [0.2, 0.25) is 10.0 Å². The molecular formula is C13H17Cl2NO. The molecule has 2 unspecified atom stereocenters. The lowest BCUT2D eigenvalue weighted by molar-refractivity contribution is 0.105. The second-order valence-electron chi connectivity index (χ2n) is 4.46. The summed E-state index contributed by atoms with van der Waals surface area (Å²) in [6.07, 6.45) is 1.48. The topological polar surface area (TPSA) is 21.3 Å². The monoisotopic (exact) mass is 273 g/mol. The first-order valence-electron chi connectivity index (χ1n) is 5.93. The van der Waals surface area contributed by atoms with Crippen molar-refractivity contribution in [3.8, 4) is 0 Å². The zero-order chi connectivity index (χ0) is 12.3. The van der Waals surface area contributed by atoms with Crippen molar-refractivity contribution in [1.82, 2.24) is 5.32 Å². The molecule has 2 nitrogen and oxygen atoms in total. The molecule has 2 rings (SSSR count). The van der Waals surface area contributed by atoms with Crippen LogP contribution in [-0.2, 0) is 11.3 Å². The molecule has 2 atom stereocenters. The predicted molar refractivity (Wildman–Crippen MR) is 71.7 cm³/mol. The number of halogens is 2. The minimum atomic E-state index is 0.351. The molecule has 0 aliphatic carbocycles. The smallest absolute Gasteiger partial charge is 0.0588 e. The van der Waals surface area contributed by atoms with Crippen molar-refractivity contribution in [3.63, 3.8) is 0 Å². The Balaban J connectivity index is 1.86.